The summed E-state index contributed by atoms with van der Waals surface area (Å²) in [6.07, 6.45) is 3.52. The van der Waals surface area contributed by atoms with Crippen molar-refractivity contribution in [3.63, 3.8) is 0 Å². The second-order valence-corrected chi connectivity index (χ2v) is 4.53. The zero-order valence-corrected chi connectivity index (χ0v) is 11.0. The smallest absolute Gasteiger partial charge is 0.197 e. The minimum Gasteiger partial charge on any atom is -0.461 e. The maximum atomic E-state index is 5.50. The van der Waals surface area contributed by atoms with Crippen LogP contribution in [0, 0.1) is 0 Å². The van der Waals surface area contributed by atoms with Gasteiger partial charge in [0.15, 0.2) is 11.6 Å². The highest BCUT2D eigenvalue weighted by atomic mass is 16.5. The second-order valence-electron chi connectivity index (χ2n) is 4.53. The van der Waals surface area contributed by atoms with Crippen LogP contribution in [0.4, 0.5) is 5.82 Å². The van der Waals surface area contributed by atoms with Gasteiger partial charge in [-0.1, -0.05) is 6.92 Å². The van der Waals surface area contributed by atoms with Crippen molar-refractivity contribution in [2.24, 2.45) is 0 Å². The van der Waals surface area contributed by atoms with Gasteiger partial charge in [0.1, 0.15) is 5.82 Å². The zero-order chi connectivity index (χ0) is 13.1. The van der Waals surface area contributed by atoms with E-state index in [0.29, 0.717) is 18.2 Å². The third-order valence-electron chi connectivity index (χ3n) is 3.11. The molecule has 0 spiro atoms. The van der Waals surface area contributed by atoms with Crippen molar-refractivity contribution in [1.82, 2.24) is 9.97 Å². The summed E-state index contributed by atoms with van der Waals surface area (Å²) in [7, 11) is 0. The minimum atomic E-state index is 0.583. The van der Waals surface area contributed by atoms with Gasteiger partial charge >= 0.3 is 0 Å². The van der Waals surface area contributed by atoms with Crippen molar-refractivity contribution in [2.45, 2.75) is 26.4 Å². The number of furan rings is 1. The maximum absolute atomic E-state index is 5.50. The van der Waals surface area contributed by atoms with E-state index in [1.54, 1.807) is 6.26 Å². The van der Waals surface area contributed by atoms with Gasteiger partial charge in [-0.05, 0) is 18.6 Å². The molecular weight excluding hydrogens is 242 g/mol. The Labute approximate surface area is 112 Å². The molecule has 0 aliphatic carbocycles. The van der Waals surface area contributed by atoms with E-state index in [1.165, 1.54) is 0 Å². The molecule has 0 unspecified atom stereocenters. The fourth-order valence-corrected chi connectivity index (χ4v) is 2.14. The minimum absolute atomic E-state index is 0.583. The Morgan fingerprint density at radius 2 is 2.32 bits per heavy atom. The average Bonchev–Trinajstić information content (AvgIpc) is 2.98. The standard InChI is InChI=1S/C14H17N3O2/c1-2-6-15-13-10-9-18-8-5-11(10)16-14(17-13)12-4-3-7-19-12/h3-4,7H,2,5-6,8-9H2,1H3,(H,15,16,17). The summed E-state index contributed by atoms with van der Waals surface area (Å²) in [6, 6.07) is 3.73. The van der Waals surface area contributed by atoms with Crippen LogP contribution in [0.3, 0.4) is 0 Å². The van der Waals surface area contributed by atoms with Crippen molar-refractivity contribution < 1.29 is 9.15 Å². The van der Waals surface area contributed by atoms with Gasteiger partial charge in [0, 0.05) is 18.5 Å². The van der Waals surface area contributed by atoms with E-state index in [-0.39, 0.29) is 0 Å². The number of hydrogen-bond donors (Lipinski definition) is 1. The molecule has 2 aromatic rings. The Morgan fingerprint density at radius 3 is 3.11 bits per heavy atom. The van der Waals surface area contributed by atoms with Crippen molar-refractivity contribution in [2.75, 3.05) is 18.5 Å². The Morgan fingerprint density at radius 1 is 1.37 bits per heavy atom. The molecule has 0 atom stereocenters. The second kappa shape index (κ2) is 5.40. The van der Waals surface area contributed by atoms with Gasteiger partial charge in [0.05, 0.1) is 25.2 Å². The predicted molar refractivity (Wildman–Crippen MR) is 71.9 cm³/mol. The van der Waals surface area contributed by atoms with Gasteiger partial charge < -0.3 is 14.5 Å². The quantitative estimate of drug-likeness (QED) is 0.914. The largest absolute Gasteiger partial charge is 0.461 e. The summed E-state index contributed by atoms with van der Waals surface area (Å²) in [5.41, 5.74) is 2.14. The molecule has 1 aliphatic rings. The van der Waals surface area contributed by atoms with Crippen LogP contribution < -0.4 is 5.32 Å². The third kappa shape index (κ3) is 2.46. The SMILES string of the molecule is CCCNc1nc(-c2ccco2)nc2c1COCC2. The van der Waals surface area contributed by atoms with Crippen LogP contribution in [0.25, 0.3) is 11.6 Å². The first-order chi connectivity index (χ1) is 9.38. The highest BCUT2D eigenvalue weighted by molar-refractivity contribution is 5.55. The molecule has 0 saturated heterocycles. The first-order valence-corrected chi connectivity index (χ1v) is 6.63. The monoisotopic (exact) mass is 259 g/mol. The molecule has 3 rings (SSSR count). The van der Waals surface area contributed by atoms with Crippen molar-refractivity contribution in [3.05, 3.63) is 29.7 Å². The lowest BCUT2D eigenvalue weighted by Gasteiger charge is -2.19. The molecule has 1 N–H and O–H groups in total. The van der Waals surface area contributed by atoms with Crippen LogP contribution in [-0.4, -0.2) is 23.1 Å². The van der Waals surface area contributed by atoms with Crippen LogP contribution in [-0.2, 0) is 17.8 Å². The number of fused-ring (bicyclic) bond motifs is 1. The highest BCUT2D eigenvalue weighted by Gasteiger charge is 2.19. The predicted octanol–water partition coefficient (Wildman–Crippen LogP) is 2.63. The molecule has 1 aliphatic heterocycles. The lowest BCUT2D eigenvalue weighted by atomic mass is 10.1. The van der Waals surface area contributed by atoms with Crippen LogP contribution in [0.15, 0.2) is 22.8 Å². The summed E-state index contributed by atoms with van der Waals surface area (Å²) in [6.45, 7) is 4.32. The normalized spacial score (nSPS) is 14.2. The van der Waals surface area contributed by atoms with E-state index < -0.39 is 0 Å². The van der Waals surface area contributed by atoms with Crippen LogP contribution in [0.5, 0.6) is 0 Å². The fraction of sp³-hybridized carbons (Fsp3) is 0.429. The molecule has 5 heteroatoms. The van der Waals surface area contributed by atoms with Gasteiger partial charge in [-0.2, -0.15) is 0 Å². The van der Waals surface area contributed by atoms with E-state index in [0.717, 1.165) is 43.1 Å². The van der Waals surface area contributed by atoms with Gasteiger partial charge in [-0.15, -0.1) is 0 Å². The third-order valence-corrected chi connectivity index (χ3v) is 3.11. The molecule has 0 bridgehead atoms. The molecule has 0 radical (unpaired) electrons. The van der Waals surface area contributed by atoms with Gasteiger partial charge in [-0.25, -0.2) is 9.97 Å². The molecule has 0 aromatic carbocycles. The maximum Gasteiger partial charge on any atom is 0.197 e. The van der Waals surface area contributed by atoms with E-state index >= 15 is 0 Å². The molecule has 3 heterocycles. The topological polar surface area (TPSA) is 60.2 Å². The summed E-state index contributed by atoms with van der Waals surface area (Å²) in [5.74, 6) is 2.22. The first-order valence-electron chi connectivity index (χ1n) is 6.63. The molecule has 5 nitrogen and oxygen atoms in total. The van der Waals surface area contributed by atoms with Crippen LogP contribution in [0.2, 0.25) is 0 Å². The summed E-state index contributed by atoms with van der Waals surface area (Å²) < 4.78 is 10.9. The molecule has 100 valence electrons. The average molecular weight is 259 g/mol. The molecular formula is C14H17N3O2. The molecule has 0 fully saturated rings. The van der Waals surface area contributed by atoms with E-state index in [1.807, 2.05) is 12.1 Å². The number of ether oxygens (including phenoxy) is 1. The van der Waals surface area contributed by atoms with Crippen LogP contribution in [0.1, 0.15) is 24.6 Å². The number of nitrogens with zero attached hydrogens (tertiary/aromatic N) is 2. The number of rotatable bonds is 4. The molecule has 0 saturated carbocycles. The Bertz CT molecular complexity index is 552. The molecule has 0 amide bonds. The van der Waals surface area contributed by atoms with Crippen molar-refractivity contribution in [1.29, 1.82) is 0 Å². The lowest BCUT2D eigenvalue weighted by Crippen LogP contribution is -2.17. The number of aromatic nitrogens is 2. The number of hydrogen-bond acceptors (Lipinski definition) is 5. The summed E-state index contributed by atoms with van der Waals surface area (Å²) in [5, 5.41) is 3.35. The zero-order valence-electron chi connectivity index (χ0n) is 11.0. The fourth-order valence-electron chi connectivity index (χ4n) is 2.14. The van der Waals surface area contributed by atoms with E-state index in [9.17, 15) is 0 Å². The van der Waals surface area contributed by atoms with Gasteiger partial charge in [0.2, 0.25) is 0 Å². The van der Waals surface area contributed by atoms with Gasteiger partial charge in [-0.3, -0.25) is 0 Å². The van der Waals surface area contributed by atoms with Gasteiger partial charge in [0.25, 0.3) is 0 Å². The number of nitrogens with one attached hydrogen (secondary N) is 1. The van der Waals surface area contributed by atoms with Crippen molar-refractivity contribution >= 4 is 5.82 Å². The highest BCUT2D eigenvalue weighted by Crippen LogP contribution is 2.26. The summed E-state index contributed by atoms with van der Waals surface area (Å²) in [4.78, 5) is 9.17. The van der Waals surface area contributed by atoms with Crippen molar-refractivity contribution in [3.8, 4) is 11.6 Å². The first kappa shape index (κ1) is 12.2. The van der Waals surface area contributed by atoms with E-state index in [2.05, 4.69) is 22.2 Å². The Balaban J connectivity index is 2.02. The molecule has 19 heavy (non-hydrogen) atoms. The Kier molecular flexibility index (Phi) is 3.46. The lowest BCUT2D eigenvalue weighted by molar-refractivity contribution is 0.109. The van der Waals surface area contributed by atoms with E-state index in [4.69, 9.17) is 9.15 Å². The summed E-state index contributed by atoms with van der Waals surface area (Å²) >= 11 is 0. The Hall–Kier alpha value is -1.88. The molecule has 2 aromatic heterocycles. The van der Waals surface area contributed by atoms with Crippen LogP contribution >= 0.6 is 0 Å². The number of anilines is 1.